The van der Waals surface area contributed by atoms with E-state index in [1.807, 2.05) is 0 Å². The Morgan fingerprint density at radius 3 is 2.00 bits per heavy atom. The minimum atomic E-state index is -3.59. The fourth-order valence-corrected chi connectivity index (χ4v) is 2.94. The van der Waals surface area contributed by atoms with Gasteiger partial charge in [-0.1, -0.05) is 12.1 Å². The Bertz CT molecular complexity index is 886. The molecule has 2 aromatic rings. The molecule has 0 atom stereocenters. The van der Waals surface area contributed by atoms with E-state index in [0.717, 1.165) is 24.5 Å². The van der Waals surface area contributed by atoms with E-state index in [-0.39, 0.29) is 21.7 Å². The quantitative estimate of drug-likeness (QED) is 0.627. The van der Waals surface area contributed by atoms with Crippen molar-refractivity contribution in [1.82, 2.24) is 0 Å². The number of hydrogen-bond donors (Lipinski definition) is 0. The minimum absolute atomic E-state index is 0.164. The van der Waals surface area contributed by atoms with Crippen LogP contribution in [0.5, 0.6) is 0 Å². The monoisotopic (exact) mass is 319 g/mol. The second-order valence-electron chi connectivity index (χ2n) is 4.88. The number of carbonyl (C=O) groups is 2. The molecule has 112 valence electrons. The van der Waals surface area contributed by atoms with Gasteiger partial charge in [0.2, 0.25) is 0 Å². The number of benzene rings is 2. The van der Waals surface area contributed by atoms with Crippen LogP contribution in [0.1, 0.15) is 20.7 Å². The van der Waals surface area contributed by atoms with Crippen LogP contribution in [0, 0.1) is 5.82 Å². The van der Waals surface area contributed by atoms with Gasteiger partial charge in [-0.25, -0.2) is 17.7 Å². The van der Waals surface area contributed by atoms with Crippen LogP contribution in [0.4, 0.5) is 10.1 Å². The summed E-state index contributed by atoms with van der Waals surface area (Å²) in [6.45, 7) is 0. The van der Waals surface area contributed by atoms with Crippen molar-refractivity contribution in [3.63, 3.8) is 0 Å². The summed E-state index contributed by atoms with van der Waals surface area (Å²) in [7, 11) is -3.59. The predicted octanol–water partition coefficient (Wildman–Crippen LogP) is 2.03. The van der Waals surface area contributed by atoms with E-state index in [2.05, 4.69) is 0 Å². The van der Waals surface area contributed by atoms with Crippen LogP contribution in [0.3, 0.4) is 0 Å². The lowest BCUT2D eigenvalue weighted by atomic mass is 10.1. The summed E-state index contributed by atoms with van der Waals surface area (Å²) in [4.78, 5) is 25.1. The molecule has 0 fully saturated rings. The molecule has 0 saturated carbocycles. The summed E-state index contributed by atoms with van der Waals surface area (Å²) >= 11 is 0. The summed E-state index contributed by atoms with van der Waals surface area (Å²) in [6, 6.07) is 9.13. The third kappa shape index (κ3) is 2.10. The molecule has 2 aromatic carbocycles. The smallest absolute Gasteiger partial charge is 0.266 e. The molecule has 0 spiro atoms. The molecule has 2 amide bonds. The maximum absolute atomic E-state index is 14.0. The van der Waals surface area contributed by atoms with Gasteiger partial charge in [-0.3, -0.25) is 9.59 Å². The highest BCUT2D eigenvalue weighted by molar-refractivity contribution is 7.90. The molecule has 0 saturated heterocycles. The van der Waals surface area contributed by atoms with Crippen molar-refractivity contribution in [2.45, 2.75) is 4.90 Å². The highest BCUT2D eigenvalue weighted by atomic mass is 32.2. The zero-order valence-corrected chi connectivity index (χ0v) is 12.2. The average molecular weight is 319 g/mol. The van der Waals surface area contributed by atoms with E-state index in [1.54, 1.807) is 12.1 Å². The fraction of sp³-hybridized carbons (Fsp3) is 0.0667. The molecular weight excluding hydrogens is 309 g/mol. The topological polar surface area (TPSA) is 71.5 Å². The largest absolute Gasteiger partial charge is 0.268 e. The van der Waals surface area contributed by atoms with Crippen LogP contribution in [-0.2, 0) is 9.84 Å². The number of nitrogens with zero attached hydrogens (tertiary/aromatic N) is 1. The van der Waals surface area contributed by atoms with Crippen molar-refractivity contribution >= 4 is 27.3 Å². The second-order valence-corrected chi connectivity index (χ2v) is 6.89. The number of sulfone groups is 1. The summed E-state index contributed by atoms with van der Waals surface area (Å²) < 4.78 is 37.2. The molecule has 0 N–H and O–H groups in total. The van der Waals surface area contributed by atoms with Crippen LogP contribution in [0.15, 0.2) is 47.4 Å². The van der Waals surface area contributed by atoms with Gasteiger partial charge < -0.3 is 0 Å². The number of amides is 2. The van der Waals surface area contributed by atoms with E-state index in [4.69, 9.17) is 0 Å². The Morgan fingerprint density at radius 2 is 1.50 bits per heavy atom. The average Bonchev–Trinajstić information content (AvgIpc) is 2.71. The molecule has 3 rings (SSSR count). The van der Waals surface area contributed by atoms with Gasteiger partial charge in [0, 0.05) is 6.26 Å². The van der Waals surface area contributed by atoms with Gasteiger partial charge >= 0.3 is 0 Å². The zero-order valence-electron chi connectivity index (χ0n) is 11.4. The van der Waals surface area contributed by atoms with Crippen LogP contribution < -0.4 is 4.90 Å². The van der Waals surface area contributed by atoms with Gasteiger partial charge in [0.15, 0.2) is 9.84 Å². The maximum atomic E-state index is 14.0. The lowest BCUT2D eigenvalue weighted by Crippen LogP contribution is -2.30. The standard InChI is InChI=1S/C15H10FNO4S/c1-22(20,21)9-6-7-12(16)13(8-9)17-14(18)10-4-2-3-5-11(10)15(17)19/h2-8H,1H3. The molecule has 0 unspecified atom stereocenters. The number of anilines is 1. The number of fused-ring (bicyclic) bond motifs is 1. The van der Waals surface area contributed by atoms with Crippen molar-refractivity contribution < 1.29 is 22.4 Å². The molecular formula is C15H10FNO4S. The number of rotatable bonds is 2. The van der Waals surface area contributed by atoms with Crippen LogP contribution in [0.25, 0.3) is 0 Å². The molecule has 0 aromatic heterocycles. The number of hydrogen-bond acceptors (Lipinski definition) is 4. The van der Waals surface area contributed by atoms with E-state index in [9.17, 15) is 22.4 Å². The summed E-state index contributed by atoms with van der Waals surface area (Å²) in [5, 5.41) is 0. The van der Waals surface area contributed by atoms with Crippen molar-refractivity contribution in [2.75, 3.05) is 11.2 Å². The molecule has 5 nitrogen and oxygen atoms in total. The van der Waals surface area contributed by atoms with Crippen molar-refractivity contribution in [2.24, 2.45) is 0 Å². The lowest BCUT2D eigenvalue weighted by molar-refractivity contribution is 0.0924. The Hall–Kier alpha value is -2.54. The Kier molecular flexibility index (Phi) is 3.10. The molecule has 0 radical (unpaired) electrons. The maximum Gasteiger partial charge on any atom is 0.266 e. The second kappa shape index (κ2) is 4.74. The van der Waals surface area contributed by atoms with Crippen molar-refractivity contribution in [3.05, 3.63) is 59.4 Å². The molecule has 1 aliphatic heterocycles. The summed E-state index contributed by atoms with van der Waals surface area (Å²) in [6.07, 6.45) is 0.965. The Morgan fingerprint density at radius 1 is 0.955 bits per heavy atom. The van der Waals surface area contributed by atoms with Gasteiger partial charge in [0.1, 0.15) is 5.82 Å². The van der Waals surface area contributed by atoms with Gasteiger partial charge in [-0.15, -0.1) is 0 Å². The van der Waals surface area contributed by atoms with E-state index < -0.39 is 27.5 Å². The molecule has 0 aliphatic carbocycles. The third-order valence-corrected chi connectivity index (χ3v) is 4.49. The van der Waals surface area contributed by atoms with Crippen LogP contribution in [-0.4, -0.2) is 26.5 Å². The van der Waals surface area contributed by atoms with Gasteiger partial charge in [-0.2, -0.15) is 0 Å². The first-order valence-electron chi connectivity index (χ1n) is 6.28. The SMILES string of the molecule is CS(=O)(=O)c1ccc(F)c(N2C(=O)c3ccccc3C2=O)c1. The Balaban J connectivity index is 2.18. The summed E-state index contributed by atoms with van der Waals surface area (Å²) in [5.41, 5.74) is -0.0394. The van der Waals surface area contributed by atoms with Gasteiger partial charge in [-0.05, 0) is 30.3 Å². The predicted molar refractivity (Wildman–Crippen MR) is 77.1 cm³/mol. The zero-order chi connectivity index (χ0) is 16.1. The van der Waals surface area contributed by atoms with Crippen LogP contribution in [0.2, 0.25) is 0 Å². The van der Waals surface area contributed by atoms with E-state index >= 15 is 0 Å². The van der Waals surface area contributed by atoms with Crippen molar-refractivity contribution in [1.29, 1.82) is 0 Å². The Labute approximate surface area is 125 Å². The first-order chi connectivity index (χ1) is 10.3. The van der Waals surface area contributed by atoms with E-state index in [0.29, 0.717) is 4.90 Å². The highest BCUT2D eigenvalue weighted by Crippen LogP contribution is 2.31. The van der Waals surface area contributed by atoms with E-state index in [1.165, 1.54) is 12.1 Å². The summed E-state index contributed by atoms with van der Waals surface area (Å²) in [5.74, 6) is -2.20. The molecule has 1 heterocycles. The van der Waals surface area contributed by atoms with Gasteiger partial charge in [0.25, 0.3) is 11.8 Å². The van der Waals surface area contributed by atoms with Gasteiger partial charge in [0.05, 0.1) is 21.7 Å². The molecule has 7 heteroatoms. The first-order valence-corrected chi connectivity index (χ1v) is 8.17. The normalized spacial score (nSPS) is 14.4. The molecule has 0 bridgehead atoms. The fourth-order valence-electron chi connectivity index (χ4n) is 2.30. The number of halogens is 1. The highest BCUT2D eigenvalue weighted by Gasteiger charge is 2.37. The van der Waals surface area contributed by atoms with Crippen molar-refractivity contribution in [3.8, 4) is 0 Å². The minimum Gasteiger partial charge on any atom is -0.268 e. The van der Waals surface area contributed by atoms with Crippen LogP contribution >= 0.6 is 0 Å². The first kappa shape index (κ1) is 14.4. The number of imide groups is 1. The lowest BCUT2D eigenvalue weighted by Gasteiger charge is -2.15. The third-order valence-electron chi connectivity index (χ3n) is 3.38. The molecule has 22 heavy (non-hydrogen) atoms. The molecule has 1 aliphatic rings. The number of carbonyl (C=O) groups excluding carboxylic acids is 2.